The molecule has 140 valence electrons. The Hall–Kier alpha value is -3.15. The zero-order chi connectivity index (χ0) is 19.7. The number of ether oxygens (including phenoxy) is 2. The molecule has 0 radical (unpaired) electrons. The lowest BCUT2D eigenvalue weighted by molar-refractivity contribution is -0.118. The lowest BCUT2D eigenvalue weighted by Crippen LogP contribution is -2.23. The van der Waals surface area contributed by atoms with Gasteiger partial charge < -0.3 is 14.6 Å². The van der Waals surface area contributed by atoms with E-state index in [9.17, 15) is 19.5 Å². The second-order valence-electron chi connectivity index (χ2n) is 6.27. The zero-order valence-corrected chi connectivity index (χ0v) is 15.4. The summed E-state index contributed by atoms with van der Waals surface area (Å²) in [6, 6.07) is 6.29. The van der Waals surface area contributed by atoms with Gasteiger partial charge in [0.1, 0.15) is 23.0 Å². The molecule has 0 spiro atoms. The van der Waals surface area contributed by atoms with Crippen LogP contribution in [0.5, 0.6) is 17.2 Å². The van der Waals surface area contributed by atoms with Crippen molar-refractivity contribution in [2.75, 3.05) is 14.2 Å². The Balaban J connectivity index is 2.21. The lowest BCUT2D eigenvalue weighted by atomic mass is 9.81. The summed E-state index contributed by atoms with van der Waals surface area (Å²) in [4.78, 5) is 37.8. The van der Waals surface area contributed by atoms with Gasteiger partial charge in [0.15, 0.2) is 5.78 Å². The van der Waals surface area contributed by atoms with Gasteiger partial charge in [-0.3, -0.25) is 14.4 Å². The summed E-state index contributed by atoms with van der Waals surface area (Å²) in [6.07, 6.45) is 0.876. The number of aryl methyl sites for hydroxylation is 1. The second-order valence-corrected chi connectivity index (χ2v) is 6.27. The smallest absolute Gasteiger partial charge is 0.202 e. The summed E-state index contributed by atoms with van der Waals surface area (Å²) in [5.74, 6) is -0.696. The molecule has 0 saturated carbocycles. The standard InChI is InChI=1S/C21H20O6/c1-4-12(22)9-8-11-10-15(27-3)17-18(19(11)23)21(25)16-13(20(17)24)6-5-7-14(16)26-2/h5-7,10,23H,4,8-9H2,1-3H3. The van der Waals surface area contributed by atoms with Gasteiger partial charge in [0, 0.05) is 18.4 Å². The molecule has 1 N–H and O–H groups in total. The Morgan fingerprint density at radius 2 is 1.70 bits per heavy atom. The largest absolute Gasteiger partial charge is 0.507 e. The summed E-state index contributed by atoms with van der Waals surface area (Å²) in [5.41, 5.74) is 0.656. The van der Waals surface area contributed by atoms with Gasteiger partial charge in [0.2, 0.25) is 5.78 Å². The van der Waals surface area contributed by atoms with Crippen LogP contribution in [0.3, 0.4) is 0 Å². The Kier molecular flexibility index (Phi) is 4.99. The molecule has 1 aliphatic rings. The van der Waals surface area contributed by atoms with Crippen molar-refractivity contribution >= 4 is 17.3 Å². The third-order valence-electron chi connectivity index (χ3n) is 4.80. The number of methoxy groups -OCH3 is 2. The molecule has 6 heteroatoms. The zero-order valence-electron chi connectivity index (χ0n) is 15.4. The first-order chi connectivity index (χ1) is 12.9. The van der Waals surface area contributed by atoms with E-state index in [1.165, 1.54) is 20.3 Å². The summed E-state index contributed by atoms with van der Waals surface area (Å²) >= 11 is 0. The molecular formula is C21H20O6. The van der Waals surface area contributed by atoms with Gasteiger partial charge in [-0.05, 0) is 24.1 Å². The van der Waals surface area contributed by atoms with Crippen LogP contribution in [0.1, 0.15) is 57.2 Å². The van der Waals surface area contributed by atoms with Crippen LogP contribution in [0.4, 0.5) is 0 Å². The van der Waals surface area contributed by atoms with E-state index in [4.69, 9.17) is 9.47 Å². The predicted molar refractivity (Wildman–Crippen MR) is 98.1 cm³/mol. The molecule has 0 atom stereocenters. The molecule has 2 aromatic rings. The number of hydrogen-bond donors (Lipinski definition) is 1. The number of phenolic OH excluding ortho intramolecular Hbond substituents is 1. The molecule has 0 aliphatic heterocycles. The number of fused-ring (bicyclic) bond motifs is 2. The average molecular weight is 368 g/mol. The molecule has 3 rings (SSSR count). The van der Waals surface area contributed by atoms with Crippen LogP contribution < -0.4 is 9.47 Å². The fraction of sp³-hybridized carbons (Fsp3) is 0.286. The van der Waals surface area contributed by atoms with Crippen molar-refractivity contribution in [3.05, 3.63) is 52.1 Å². The first-order valence-corrected chi connectivity index (χ1v) is 8.65. The van der Waals surface area contributed by atoms with Crippen LogP contribution in [0.25, 0.3) is 0 Å². The molecule has 0 unspecified atom stereocenters. The molecule has 6 nitrogen and oxygen atoms in total. The number of aromatic hydroxyl groups is 1. The first kappa shape index (κ1) is 18.6. The fourth-order valence-corrected chi connectivity index (χ4v) is 3.33. The number of ketones is 3. The molecule has 0 aromatic heterocycles. The minimum atomic E-state index is -0.503. The molecule has 0 bridgehead atoms. The number of carbonyl (C=O) groups excluding carboxylic acids is 3. The highest BCUT2D eigenvalue weighted by atomic mass is 16.5. The molecule has 27 heavy (non-hydrogen) atoms. The van der Waals surface area contributed by atoms with E-state index in [1.807, 2.05) is 0 Å². The summed E-state index contributed by atoms with van der Waals surface area (Å²) in [7, 11) is 2.81. The van der Waals surface area contributed by atoms with E-state index in [2.05, 4.69) is 0 Å². The van der Waals surface area contributed by atoms with Gasteiger partial charge in [0.05, 0.1) is 30.9 Å². The monoisotopic (exact) mass is 368 g/mol. The van der Waals surface area contributed by atoms with E-state index < -0.39 is 11.6 Å². The Morgan fingerprint density at radius 3 is 2.33 bits per heavy atom. The highest BCUT2D eigenvalue weighted by Gasteiger charge is 2.37. The maximum Gasteiger partial charge on any atom is 0.202 e. The number of rotatable bonds is 6. The third kappa shape index (κ3) is 2.97. The second kappa shape index (κ2) is 7.23. The minimum Gasteiger partial charge on any atom is -0.507 e. The van der Waals surface area contributed by atoms with Gasteiger partial charge in [-0.2, -0.15) is 0 Å². The lowest BCUT2D eigenvalue weighted by Gasteiger charge is -2.23. The Labute approximate surface area is 156 Å². The molecule has 0 fully saturated rings. The SMILES string of the molecule is CCC(=O)CCc1cc(OC)c2c(c1O)C(=O)c1c(OC)cccc1C2=O. The van der Waals surface area contributed by atoms with Gasteiger partial charge >= 0.3 is 0 Å². The maximum atomic E-state index is 13.2. The van der Waals surface area contributed by atoms with Crippen molar-refractivity contribution in [3.8, 4) is 17.2 Å². The van der Waals surface area contributed by atoms with Gasteiger partial charge in [0.25, 0.3) is 0 Å². The van der Waals surface area contributed by atoms with E-state index >= 15 is 0 Å². The van der Waals surface area contributed by atoms with Crippen LogP contribution in [0.2, 0.25) is 0 Å². The number of carbonyl (C=O) groups is 3. The van der Waals surface area contributed by atoms with Gasteiger partial charge in [-0.25, -0.2) is 0 Å². The summed E-state index contributed by atoms with van der Waals surface area (Å²) < 4.78 is 10.6. The maximum absolute atomic E-state index is 13.2. The van der Waals surface area contributed by atoms with Crippen LogP contribution in [0, 0.1) is 0 Å². The number of phenols is 1. The normalized spacial score (nSPS) is 12.4. The number of hydrogen-bond acceptors (Lipinski definition) is 6. The van der Waals surface area contributed by atoms with E-state index in [1.54, 1.807) is 25.1 Å². The predicted octanol–water partition coefficient (Wildman–Crippen LogP) is 3.10. The van der Waals surface area contributed by atoms with E-state index in [0.29, 0.717) is 12.0 Å². The highest BCUT2D eigenvalue weighted by Crippen LogP contribution is 2.42. The number of benzene rings is 2. The van der Waals surface area contributed by atoms with Crippen LogP contribution in [-0.2, 0) is 11.2 Å². The van der Waals surface area contributed by atoms with Crippen molar-refractivity contribution in [2.45, 2.75) is 26.2 Å². The molecule has 0 heterocycles. The molecular weight excluding hydrogens is 348 g/mol. The van der Waals surface area contributed by atoms with Gasteiger partial charge in [-0.15, -0.1) is 0 Å². The van der Waals surface area contributed by atoms with Crippen LogP contribution >= 0.6 is 0 Å². The minimum absolute atomic E-state index is 0.0336. The third-order valence-corrected chi connectivity index (χ3v) is 4.80. The molecule has 0 amide bonds. The van der Waals surface area contributed by atoms with E-state index in [-0.39, 0.29) is 58.1 Å². The fourth-order valence-electron chi connectivity index (χ4n) is 3.33. The summed E-state index contributed by atoms with van der Waals surface area (Å²) in [6.45, 7) is 1.76. The van der Waals surface area contributed by atoms with Gasteiger partial charge in [-0.1, -0.05) is 19.1 Å². The van der Waals surface area contributed by atoms with Crippen molar-refractivity contribution in [1.82, 2.24) is 0 Å². The average Bonchev–Trinajstić information content (AvgIpc) is 2.69. The topological polar surface area (TPSA) is 89.9 Å². The molecule has 0 saturated heterocycles. The van der Waals surface area contributed by atoms with Crippen molar-refractivity contribution in [2.24, 2.45) is 0 Å². The quantitative estimate of drug-likeness (QED) is 0.719. The Bertz CT molecular complexity index is 958. The van der Waals surface area contributed by atoms with Crippen molar-refractivity contribution < 1.29 is 29.0 Å². The molecule has 1 aliphatic carbocycles. The Morgan fingerprint density at radius 1 is 1.00 bits per heavy atom. The van der Waals surface area contributed by atoms with E-state index in [0.717, 1.165) is 0 Å². The van der Waals surface area contributed by atoms with Crippen LogP contribution in [0.15, 0.2) is 24.3 Å². The van der Waals surface area contributed by atoms with Crippen LogP contribution in [-0.4, -0.2) is 36.7 Å². The molecule has 2 aromatic carbocycles. The summed E-state index contributed by atoms with van der Waals surface area (Å²) in [5, 5.41) is 10.7. The van der Waals surface area contributed by atoms with Crippen molar-refractivity contribution in [1.29, 1.82) is 0 Å². The number of Topliss-reactive ketones (excluding diaryl/α,β-unsaturated/α-hetero) is 1. The highest BCUT2D eigenvalue weighted by molar-refractivity contribution is 6.31. The first-order valence-electron chi connectivity index (χ1n) is 8.65. The van der Waals surface area contributed by atoms with Crippen molar-refractivity contribution in [3.63, 3.8) is 0 Å².